The summed E-state index contributed by atoms with van der Waals surface area (Å²) in [7, 11) is 0. The highest BCUT2D eigenvalue weighted by Gasteiger charge is 2.11. The van der Waals surface area contributed by atoms with Crippen molar-refractivity contribution in [1.82, 2.24) is 29.5 Å². The Hall–Kier alpha value is -3.55. The summed E-state index contributed by atoms with van der Waals surface area (Å²) in [6.45, 7) is 0.208. The van der Waals surface area contributed by atoms with Gasteiger partial charge in [-0.1, -0.05) is 18.2 Å². The SMILES string of the molecule is O=c1n(Cc2nc(-c3ccc(F)cc3)n[nH]2)cnn1-c1ccccc1. The van der Waals surface area contributed by atoms with Gasteiger partial charge in [0.15, 0.2) is 5.82 Å². The normalized spacial score (nSPS) is 10.9. The first kappa shape index (κ1) is 15.0. The average molecular weight is 336 g/mol. The van der Waals surface area contributed by atoms with Crippen LogP contribution in [0.5, 0.6) is 0 Å². The van der Waals surface area contributed by atoms with Gasteiger partial charge < -0.3 is 0 Å². The molecule has 4 aromatic rings. The molecule has 0 amide bonds. The van der Waals surface area contributed by atoms with Crippen LogP contribution in [-0.4, -0.2) is 29.5 Å². The van der Waals surface area contributed by atoms with Gasteiger partial charge in [0.2, 0.25) is 0 Å². The Kier molecular flexibility index (Phi) is 3.70. The van der Waals surface area contributed by atoms with Gasteiger partial charge in [-0.25, -0.2) is 14.2 Å². The number of rotatable bonds is 4. The van der Waals surface area contributed by atoms with Gasteiger partial charge in [-0.15, -0.1) is 0 Å². The molecule has 2 aromatic carbocycles. The zero-order chi connectivity index (χ0) is 17.2. The topological polar surface area (TPSA) is 81.4 Å². The number of hydrogen-bond donors (Lipinski definition) is 1. The van der Waals surface area contributed by atoms with Gasteiger partial charge in [0, 0.05) is 5.56 Å². The highest BCUT2D eigenvalue weighted by atomic mass is 19.1. The Morgan fingerprint density at radius 3 is 2.56 bits per heavy atom. The van der Waals surface area contributed by atoms with Gasteiger partial charge in [-0.2, -0.15) is 14.9 Å². The number of aromatic nitrogens is 6. The summed E-state index contributed by atoms with van der Waals surface area (Å²) in [5.74, 6) is 0.631. The number of aromatic amines is 1. The summed E-state index contributed by atoms with van der Waals surface area (Å²) in [5, 5.41) is 11.0. The second-order valence-electron chi connectivity index (χ2n) is 5.40. The largest absolute Gasteiger partial charge is 0.350 e. The summed E-state index contributed by atoms with van der Waals surface area (Å²) in [5.41, 5.74) is 1.11. The van der Waals surface area contributed by atoms with E-state index in [-0.39, 0.29) is 18.1 Å². The third-order valence-corrected chi connectivity index (χ3v) is 3.69. The van der Waals surface area contributed by atoms with Crippen molar-refractivity contribution in [1.29, 1.82) is 0 Å². The number of H-pyrrole nitrogens is 1. The molecule has 0 aliphatic rings. The van der Waals surface area contributed by atoms with Crippen molar-refractivity contribution in [2.45, 2.75) is 6.54 Å². The van der Waals surface area contributed by atoms with E-state index in [0.29, 0.717) is 22.9 Å². The molecule has 0 radical (unpaired) electrons. The number of para-hydroxylation sites is 1. The average Bonchev–Trinajstić information content (AvgIpc) is 3.24. The second kappa shape index (κ2) is 6.16. The van der Waals surface area contributed by atoms with Crippen LogP contribution in [0.3, 0.4) is 0 Å². The van der Waals surface area contributed by atoms with Crippen LogP contribution in [0.15, 0.2) is 65.7 Å². The fourth-order valence-corrected chi connectivity index (χ4v) is 2.44. The van der Waals surface area contributed by atoms with Crippen LogP contribution in [0, 0.1) is 5.82 Å². The van der Waals surface area contributed by atoms with Gasteiger partial charge >= 0.3 is 5.69 Å². The molecule has 1 N–H and O–H groups in total. The maximum Gasteiger partial charge on any atom is 0.350 e. The molecule has 0 atom stereocenters. The molecule has 0 aliphatic carbocycles. The highest BCUT2D eigenvalue weighted by Crippen LogP contribution is 2.15. The standard InChI is InChI=1S/C17H13FN6O/c18-13-8-6-12(7-9-13)16-20-15(21-22-16)10-23-11-19-24(17(23)25)14-4-2-1-3-5-14/h1-9,11H,10H2,(H,20,21,22). The Balaban J connectivity index is 1.59. The van der Waals surface area contributed by atoms with E-state index < -0.39 is 0 Å². The third kappa shape index (κ3) is 2.97. The van der Waals surface area contributed by atoms with Gasteiger partial charge in [0.25, 0.3) is 0 Å². The van der Waals surface area contributed by atoms with Gasteiger partial charge in [0.1, 0.15) is 18.0 Å². The van der Waals surface area contributed by atoms with E-state index in [4.69, 9.17) is 0 Å². The molecule has 0 bridgehead atoms. The second-order valence-corrected chi connectivity index (χ2v) is 5.40. The summed E-state index contributed by atoms with van der Waals surface area (Å²) < 4.78 is 15.7. The Morgan fingerprint density at radius 2 is 1.80 bits per heavy atom. The van der Waals surface area contributed by atoms with Crippen LogP contribution in [0.2, 0.25) is 0 Å². The fraction of sp³-hybridized carbons (Fsp3) is 0.0588. The van der Waals surface area contributed by atoms with Gasteiger partial charge in [0.05, 0.1) is 12.2 Å². The van der Waals surface area contributed by atoms with E-state index in [0.717, 1.165) is 0 Å². The zero-order valence-corrected chi connectivity index (χ0v) is 13.0. The number of hydrogen-bond acceptors (Lipinski definition) is 4. The number of nitrogens with one attached hydrogen (secondary N) is 1. The van der Waals surface area contributed by atoms with E-state index in [1.807, 2.05) is 18.2 Å². The lowest BCUT2D eigenvalue weighted by molar-refractivity contribution is 0.628. The van der Waals surface area contributed by atoms with Crippen molar-refractivity contribution in [2.75, 3.05) is 0 Å². The quantitative estimate of drug-likeness (QED) is 0.618. The molecule has 124 valence electrons. The molecule has 25 heavy (non-hydrogen) atoms. The molecule has 7 nitrogen and oxygen atoms in total. The molecule has 8 heteroatoms. The first-order chi connectivity index (χ1) is 12.2. The van der Waals surface area contributed by atoms with Crippen molar-refractivity contribution in [3.63, 3.8) is 0 Å². The van der Waals surface area contributed by atoms with Crippen molar-refractivity contribution >= 4 is 0 Å². The number of benzene rings is 2. The van der Waals surface area contributed by atoms with E-state index in [9.17, 15) is 9.18 Å². The lowest BCUT2D eigenvalue weighted by atomic mass is 10.2. The van der Waals surface area contributed by atoms with E-state index in [2.05, 4.69) is 20.3 Å². The molecular formula is C17H13FN6O. The molecular weight excluding hydrogens is 323 g/mol. The first-order valence-electron chi connectivity index (χ1n) is 7.58. The Labute approximate surface area is 141 Å². The van der Waals surface area contributed by atoms with Crippen LogP contribution in [0.4, 0.5) is 4.39 Å². The minimum atomic E-state index is -0.320. The number of nitrogens with zero attached hydrogens (tertiary/aromatic N) is 5. The lowest BCUT2D eigenvalue weighted by Crippen LogP contribution is -2.24. The Morgan fingerprint density at radius 1 is 1.04 bits per heavy atom. The maximum atomic E-state index is 13.0. The van der Waals surface area contributed by atoms with Gasteiger partial charge in [-0.3, -0.25) is 9.67 Å². The molecule has 0 saturated heterocycles. The van der Waals surface area contributed by atoms with Crippen LogP contribution in [0.25, 0.3) is 17.1 Å². The highest BCUT2D eigenvalue weighted by molar-refractivity contribution is 5.54. The molecule has 0 spiro atoms. The van der Waals surface area contributed by atoms with Crippen molar-refractivity contribution in [3.05, 3.63) is 83.1 Å². The lowest BCUT2D eigenvalue weighted by Gasteiger charge is -1.98. The Bertz CT molecular complexity index is 1050. The molecule has 0 saturated carbocycles. The van der Waals surface area contributed by atoms with Crippen molar-refractivity contribution < 1.29 is 4.39 Å². The molecule has 0 fully saturated rings. The van der Waals surface area contributed by atoms with Crippen molar-refractivity contribution in [3.8, 4) is 17.1 Å². The fourth-order valence-electron chi connectivity index (χ4n) is 2.44. The van der Waals surface area contributed by atoms with E-state index in [1.54, 1.807) is 24.3 Å². The molecule has 2 heterocycles. The van der Waals surface area contributed by atoms with E-state index in [1.165, 1.54) is 27.7 Å². The predicted octanol–water partition coefficient (Wildman–Crippen LogP) is 2.01. The summed E-state index contributed by atoms with van der Waals surface area (Å²) >= 11 is 0. The minimum absolute atomic E-state index is 0.208. The molecule has 0 unspecified atom stereocenters. The van der Waals surface area contributed by atoms with Gasteiger partial charge in [-0.05, 0) is 36.4 Å². The third-order valence-electron chi connectivity index (χ3n) is 3.69. The predicted molar refractivity (Wildman–Crippen MR) is 88.7 cm³/mol. The summed E-state index contributed by atoms with van der Waals surface area (Å²) in [6, 6.07) is 15.1. The first-order valence-corrected chi connectivity index (χ1v) is 7.58. The molecule has 0 aliphatic heterocycles. The summed E-state index contributed by atoms with van der Waals surface area (Å²) in [4.78, 5) is 16.8. The molecule has 4 rings (SSSR count). The van der Waals surface area contributed by atoms with Crippen molar-refractivity contribution in [2.24, 2.45) is 0 Å². The zero-order valence-electron chi connectivity index (χ0n) is 13.0. The van der Waals surface area contributed by atoms with E-state index >= 15 is 0 Å². The molecule has 2 aromatic heterocycles. The van der Waals surface area contributed by atoms with Crippen LogP contribution < -0.4 is 5.69 Å². The van der Waals surface area contributed by atoms with Crippen LogP contribution >= 0.6 is 0 Å². The monoisotopic (exact) mass is 336 g/mol. The minimum Gasteiger partial charge on any atom is -0.273 e. The maximum absolute atomic E-state index is 13.0. The summed E-state index contributed by atoms with van der Waals surface area (Å²) in [6.07, 6.45) is 1.45. The smallest absolute Gasteiger partial charge is 0.273 e. The number of halogens is 1. The van der Waals surface area contributed by atoms with Crippen LogP contribution in [0.1, 0.15) is 5.82 Å². The van der Waals surface area contributed by atoms with Crippen LogP contribution in [-0.2, 0) is 6.54 Å².